The van der Waals surface area contributed by atoms with E-state index in [9.17, 15) is 4.79 Å². The minimum Gasteiger partial charge on any atom is -0.494 e. The fourth-order valence-corrected chi connectivity index (χ4v) is 3.92. The number of amides is 1. The molecule has 1 amide bonds. The summed E-state index contributed by atoms with van der Waals surface area (Å²) in [5.74, 6) is 3.02. The van der Waals surface area contributed by atoms with Gasteiger partial charge in [0.05, 0.1) is 18.1 Å². The molecular formula is C18H22N2O2S2. The lowest BCUT2D eigenvalue weighted by Gasteiger charge is -2.03. The summed E-state index contributed by atoms with van der Waals surface area (Å²) < 4.78 is 5.46. The van der Waals surface area contributed by atoms with Crippen molar-refractivity contribution in [2.24, 2.45) is 5.92 Å². The van der Waals surface area contributed by atoms with E-state index in [4.69, 9.17) is 4.74 Å². The molecule has 1 fully saturated rings. The largest absolute Gasteiger partial charge is 0.494 e. The summed E-state index contributed by atoms with van der Waals surface area (Å²) in [5, 5.41) is 6.06. The highest BCUT2D eigenvalue weighted by Gasteiger charge is 2.21. The van der Waals surface area contributed by atoms with Gasteiger partial charge in [-0.2, -0.15) is 0 Å². The molecule has 6 heteroatoms. The summed E-state index contributed by atoms with van der Waals surface area (Å²) in [5.41, 5.74) is 2.13. The number of thiazole rings is 1. The van der Waals surface area contributed by atoms with Crippen molar-refractivity contribution in [3.05, 3.63) is 35.3 Å². The zero-order valence-corrected chi connectivity index (χ0v) is 15.4. The zero-order valence-electron chi connectivity index (χ0n) is 13.8. The summed E-state index contributed by atoms with van der Waals surface area (Å²) >= 11 is 3.25. The number of hydrogen-bond donors (Lipinski definition) is 1. The Hall–Kier alpha value is -1.53. The van der Waals surface area contributed by atoms with Crippen LogP contribution in [0.15, 0.2) is 29.6 Å². The van der Waals surface area contributed by atoms with Gasteiger partial charge in [0.15, 0.2) is 0 Å². The number of carbonyl (C=O) groups excluding carboxylic acids is 1. The van der Waals surface area contributed by atoms with E-state index >= 15 is 0 Å². The van der Waals surface area contributed by atoms with Crippen LogP contribution in [0.5, 0.6) is 5.75 Å². The monoisotopic (exact) mass is 362 g/mol. The lowest BCUT2D eigenvalue weighted by atomic mass is 10.2. The van der Waals surface area contributed by atoms with Crippen LogP contribution in [0.4, 0.5) is 0 Å². The minimum absolute atomic E-state index is 0.133. The Morgan fingerprint density at radius 3 is 2.88 bits per heavy atom. The highest BCUT2D eigenvalue weighted by molar-refractivity contribution is 7.99. The third-order valence-electron chi connectivity index (χ3n) is 3.73. The van der Waals surface area contributed by atoms with Crippen LogP contribution in [0.2, 0.25) is 0 Å². The summed E-state index contributed by atoms with van der Waals surface area (Å²) in [6.07, 6.45) is 2.53. The van der Waals surface area contributed by atoms with Crippen LogP contribution in [0, 0.1) is 5.92 Å². The third-order valence-corrected chi connectivity index (χ3v) is 5.64. The Bertz CT molecular complexity index is 666. The fourth-order valence-electron chi connectivity index (χ4n) is 2.25. The smallest absolute Gasteiger partial charge is 0.230 e. The lowest BCUT2D eigenvalue weighted by Crippen LogP contribution is -2.27. The van der Waals surface area contributed by atoms with Crippen molar-refractivity contribution in [2.45, 2.75) is 25.5 Å². The Labute approximate surface area is 151 Å². The van der Waals surface area contributed by atoms with Crippen molar-refractivity contribution in [3.8, 4) is 16.3 Å². The molecule has 0 bridgehead atoms. The summed E-state index contributed by atoms with van der Waals surface area (Å²) in [7, 11) is 0. The highest BCUT2D eigenvalue weighted by Crippen LogP contribution is 2.28. The summed E-state index contributed by atoms with van der Waals surface area (Å²) in [6, 6.07) is 8.01. The Kier molecular flexibility index (Phi) is 6.15. The molecule has 0 unspecified atom stereocenters. The first kappa shape index (κ1) is 17.3. The SMILES string of the molecule is CCOc1ccc(-c2nc(CSCC(=O)NCC3CC3)cs2)cc1. The maximum Gasteiger partial charge on any atom is 0.230 e. The van der Waals surface area contributed by atoms with E-state index in [1.54, 1.807) is 23.1 Å². The molecule has 3 rings (SSSR count). The molecule has 0 aliphatic heterocycles. The van der Waals surface area contributed by atoms with E-state index in [0.717, 1.165) is 40.2 Å². The van der Waals surface area contributed by atoms with Crippen molar-refractivity contribution in [1.82, 2.24) is 10.3 Å². The van der Waals surface area contributed by atoms with Crippen molar-refractivity contribution >= 4 is 29.0 Å². The van der Waals surface area contributed by atoms with E-state index in [2.05, 4.69) is 15.7 Å². The number of hydrogen-bond acceptors (Lipinski definition) is 5. The van der Waals surface area contributed by atoms with E-state index in [1.165, 1.54) is 12.8 Å². The number of carbonyl (C=O) groups is 1. The van der Waals surface area contributed by atoms with Gasteiger partial charge in [0, 0.05) is 23.2 Å². The maximum absolute atomic E-state index is 11.7. The second kappa shape index (κ2) is 8.53. The Balaban J connectivity index is 1.45. The van der Waals surface area contributed by atoms with Gasteiger partial charge in [0.25, 0.3) is 0 Å². The van der Waals surface area contributed by atoms with Gasteiger partial charge in [-0.15, -0.1) is 23.1 Å². The van der Waals surface area contributed by atoms with Crippen LogP contribution in [-0.4, -0.2) is 29.8 Å². The predicted molar refractivity (Wildman–Crippen MR) is 101 cm³/mol. The minimum atomic E-state index is 0.133. The van der Waals surface area contributed by atoms with Gasteiger partial charge < -0.3 is 10.1 Å². The van der Waals surface area contributed by atoms with E-state index in [0.29, 0.717) is 12.4 Å². The Morgan fingerprint density at radius 2 is 2.17 bits per heavy atom. The molecule has 1 aliphatic rings. The molecule has 1 N–H and O–H groups in total. The zero-order chi connectivity index (χ0) is 16.8. The van der Waals surface area contributed by atoms with Gasteiger partial charge in [0.1, 0.15) is 10.8 Å². The first-order valence-corrected chi connectivity index (χ1v) is 10.3. The summed E-state index contributed by atoms with van der Waals surface area (Å²) in [6.45, 7) is 3.50. The maximum atomic E-state index is 11.7. The van der Waals surface area contributed by atoms with Gasteiger partial charge in [-0.1, -0.05) is 0 Å². The quantitative estimate of drug-likeness (QED) is 0.733. The van der Waals surface area contributed by atoms with Crippen LogP contribution in [0.25, 0.3) is 10.6 Å². The molecule has 0 atom stereocenters. The van der Waals surface area contributed by atoms with Gasteiger partial charge in [-0.25, -0.2) is 4.98 Å². The molecule has 1 saturated carbocycles. The van der Waals surface area contributed by atoms with Crippen molar-refractivity contribution in [3.63, 3.8) is 0 Å². The number of benzene rings is 1. The van der Waals surface area contributed by atoms with E-state index in [1.807, 2.05) is 31.2 Å². The second-order valence-electron chi connectivity index (χ2n) is 5.84. The molecule has 4 nitrogen and oxygen atoms in total. The topological polar surface area (TPSA) is 51.2 Å². The number of nitrogens with zero attached hydrogens (tertiary/aromatic N) is 1. The predicted octanol–water partition coefficient (Wildman–Crippen LogP) is 3.97. The average molecular weight is 363 g/mol. The first-order chi connectivity index (χ1) is 11.7. The molecule has 1 aromatic carbocycles. The fraction of sp³-hybridized carbons (Fsp3) is 0.444. The van der Waals surface area contributed by atoms with Crippen molar-refractivity contribution in [2.75, 3.05) is 18.9 Å². The van der Waals surface area contributed by atoms with Gasteiger partial charge in [-0.3, -0.25) is 4.79 Å². The molecule has 0 spiro atoms. The molecule has 1 aromatic heterocycles. The average Bonchev–Trinajstić information content (AvgIpc) is 3.31. The first-order valence-electron chi connectivity index (χ1n) is 8.26. The molecule has 128 valence electrons. The number of nitrogens with one attached hydrogen (secondary N) is 1. The van der Waals surface area contributed by atoms with E-state index < -0.39 is 0 Å². The molecule has 2 aromatic rings. The molecular weight excluding hydrogens is 340 g/mol. The number of thioether (sulfide) groups is 1. The van der Waals surface area contributed by atoms with Crippen LogP contribution >= 0.6 is 23.1 Å². The normalized spacial score (nSPS) is 13.7. The van der Waals surface area contributed by atoms with Gasteiger partial charge >= 0.3 is 0 Å². The van der Waals surface area contributed by atoms with Crippen LogP contribution in [0.1, 0.15) is 25.5 Å². The highest BCUT2D eigenvalue weighted by atomic mass is 32.2. The lowest BCUT2D eigenvalue weighted by molar-refractivity contribution is -0.118. The van der Waals surface area contributed by atoms with Crippen molar-refractivity contribution < 1.29 is 9.53 Å². The second-order valence-corrected chi connectivity index (χ2v) is 7.69. The molecule has 1 aliphatic carbocycles. The number of rotatable bonds is 9. The molecule has 24 heavy (non-hydrogen) atoms. The molecule has 0 saturated heterocycles. The van der Waals surface area contributed by atoms with Crippen LogP contribution < -0.4 is 10.1 Å². The van der Waals surface area contributed by atoms with Gasteiger partial charge in [0.2, 0.25) is 5.91 Å². The Morgan fingerprint density at radius 1 is 1.38 bits per heavy atom. The molecule has 1 heterocycles. The van der Waals surface area contributed by atoms with Gasteiger partial charge in [-0.05, 0) is 49.9 Å². The number of ether oxygens (including phenoxy) is 1. The van der Waals surface area contributed by atoms with E-state index in [-0.39, 0.29) is 5.91 Å². The standard InChI is InChI=1S/C18H22N2O2S2/c1-2-22-16-7-5-14(6-8-16)18-20-15(11-24-18)10-23-12-17(21)19-9-13-3-4-13/h5-8,11,13H,2-4,9-10,12H2,1H3,(H,19,21). The van der Waals surface area contributed by atoms with Crippen LogP contribution in [-0.2, 0) is 10.5 Å². The number of aromatic nitrogens is 1. The van der Waals surface area contributed by atoms with Crippen LogP contribution in [0.3, 0.4) is 0 Å². The molecule has 0 radical (unpaired) electrons. The summed E-state index contributed by atoms with van der Waals surface area (Å²) in [4.78, 5) is 16.4. The third kappa shape index (κ3) is 5.24. The van der Waals surface area contributed by atoms with Crippen molar-refractivity contribution in [1.29, 1.82) is 0 Å².